The number of ether oxygens (including phenoxy) is 1. The van der Waals surface area contributed by atoms with Gasteiger partial charge in [0, 0.05) is 6.32 Å². The Morgan fingerprint density at radius 3 is 2.33 bits per heavy atom. The molecule has 0 bridgehead atoms. The highest BCUT2D eigenvalue weighted by Gasteiger charge is 2.06. The van der Waals surface area contributed by atoms with Crippen molar-refractivity contribution in [3.63, 3.8) is 0 Å². The third-order valence-corrected chi connectivity index (χ3v) is 1.53. The standard InChI is InChI=1S/C9H19BO2/c1-7(2)5-10-6-9(11)12-8(3)4/h7-8,10H,5-6H2,1-4H3. The van der Waals surface area contributed by atoms with Gasteiger partial charge < -0.3 is 4.74 Å². The highest BCUT2D eigenvalue weighted by atomic mass is 16.5. The first-order chi connectivity index (χ1) is 5.52. The van der Waals surface area contributed by atoms with Crippen molar-refractivity contribution in [3.05, 3.63) is 0 Å². The molecule has 3 heteroatoms. The molecule has 0 unspecified atom stereocenters. The summed E-state index contributed by atoms with van der Waals surface area (Å²) in [6.07, 6.45) is 1.69. The third kappa shape index (κ3) is 7.64. The Labute approximate surface area is 75.9 Å². The molecule has 0 atom stereocenters. The number of carbonyl (C=O) groups excluding carboxylic acids is 1. The fourth-order valence-corrected chi connectivity index (χ4v) is 0.976. The van der Waals surface area contributed by atoms with Gasteiger partial charge in [-0.1, -0.05) is 26.1 Å². The molecule has 0 aliphatic carbocycles. The summed E-state index contributed by atoms with van der Waals surface area (Å²) in [6, 6.07) is 0. The van der Waals surface area contributed by atoms with Gasteiger partial charge in [-0.25, -0.2) is 0 Å². The van der Waals surface area contributed by atoms with Crippen molar-refractivity contribution < 1.29 is 9.53 Å². The van der Waals surface area contributed by atoms with Crippen LogP contribution in [0, 0.1) is 5.92 Å². The van der Waals surface area contributed by atoms with Crippen LogP contribution in [0.1, 0.15) is 27.7 Å². The second-order valence-corrected chi connectivity index (χ2v) is 3.82. The van der Waals surface area contributed by atoms with Gasteiger partial charge in [-0.05, 0) is 13.8 Å². The Kier molecular flexibility index (Phi) is 5.86. The van der Waals surface area contributed by atoms with Crippen molar-refractivity contribution in [3.8, 4) is 0 Å². The molecular weight excluding hydrogens is 151 g/mol. The van der Waals surface area contributed by atoms with E-state index in [1.807, 2.05) is 13.8 Å². The monoisotopic (exact) mass is 170 g/mol. The van der Waals surface area contributed by atoms with E-state index in [1.165, 1.54) is 0 Å². The van der Waals surface area contributed by atoms with Crippen molar-refractivity contribution >= 4 is 13.2 Å². The van der Waals surface area contributed by atoms with E-state index in [9.17, 15) is 4.79 Å². The smallest absolute Gasteiger partial charge is 0.298 e. The zero-order valence-corrected chi connectivity index (χ0v) is 8.59. The molecule has 70 valence electrons. The zero-order valence-electron chi connectivity index (χ0n) is 8.59. The van der Waals surface area contributed by atoms with Crippen LogP contribution in [-0.2, 0) is 9.53 Å². The average molecular weight is 170 g/mol. The molecule has 0 saturated heterocycles. The molecule has 2 nitrogen and oxygen atoms in total. The molecular formula is C9H19BO2. The minimum atomic E-state index is -0.0642. The molecule has 0 aliphatic heterocycles. The number of hydrogen-bond donors (Lipinski definition) is 0. The molecule has 0 fully saturated rings. The molecule has 0 aromatic heterocycles. The molecule has 0 aromatic rings. The first-order valence-corrected chi connectivity index (χ1v) is 4.72. The van der Waals surface area contributed by atoms with E-state index in [0.717, 1.165) is 13.6 Å². The topological polar surface area (TPSA) is 26.3 Å². The Bertz CT molecular complexity index is 132. The maximum absolute atomic E-state index is 11.0. The summed E-state index contributed by atoms with van der Waals surface area (Å²) in [5.41, 5.74) is 0. The Morgan fingerprint density at radius 2 is 1.92 bits per heavy atom. The number of hydrogen-bond acceptors (Lipinski definition) is 2. The summed E-state index contributed by atoms with van der Waals surface area (Å²) in [4.78, 5) is 11.0. The third-order valence-electron chi connectivity index (χ3n) is 1.53. The number of carbonyl (C=O) groups is 1. The molecule has 0 spiro atoms. The number of esters is 1. The lowest BCUT2D eigenvalue weighted by atomic mass is 9.67. The van der Waals surface area contributed by atoms with Gasteiger partial charge in [0.05, 0.1) is 6.10 Å². The summed E-state index contributed by atoms with van der Waals surface area (Å²) in [5.74, 6) is 0.613. The summed E-state index contributed by atoms with van der Waals surface area (Å²) in [7, 11) is 0.948. The van der Waals surface area contributed by atoms with E-state index in [1.54, 1.807) is 0 Å². The Hall–Kier alpha value is -0.465. The first kappa shape index (κ1) is 11.5. The van der Waals surface area contributed by atoms with Crippen molar-refractivity contribution in [1.29, 1.82) is 0 Å². The van der Waals surface area contributed by atoms with Gasteiger partial charge in [0.2, 0.25) is 0 Å². The lowest BCUT2D eigenvalue weighted by Crippen LogP contribution is -2.13. The van der Waals surface area contributed by atoms with Crippen molar-refractivity contribution in [2.45, 2.75) is 46.4 Å². The van der Waals surface area contributed by atoms with Crippen LogP contribution < -0.4 is 0 Å². The van der Waals surface area contributed by atoms with Crippen LogP contribution in [0.25, 0.3) is 0 Å². The summed E-state index contributed by atoms with van der Waals surface area (Å²) >= 11 is 0. The van der Waals surface area contributed by atoms with E-state index in [-0.39, 0.29) is 12.1 Å². The Morgan fingerprint density at radius 1 is 1.33 bits per heavy atom. The molecule has 0 radical (unpaired) electrons. The maximum Gasteiger partial charge on any atom is 0.298 e. The minimum Gasteiger partial charge on any atom is -0.463 e. The van der Waals surface area contributed by atoms with E-state index < -0.39 is 0 Å². The molecule has 0 heterocycles. The summed E-state index contributed by atoms with van der Waals surface area (Å²) in [6.45, 7) is 8.07. The van der Waals surface area contributed by atoms with Gasteiger partial charge in [0.15, 0.2) is 0 Å². The van der Waals surface area contributed by atoms with E-state index >= 15 is 0 Å². The molecule has 0 aliphatic rings. The van der Waals surface area contributed by atoms with E-state index in [0.29, 0.717) is 12.2 Å². The second-order valence-electron chi connectivity index (χ2n) is 3.82. The van der Waals surface area contributed by atoms with Crippen LogP contribution in [0.3, 0.4) is 0 Å². The van der Waals surface area contributed by atoms with Gasteiger partial charge in [-0.15, -0.1) is 0 Å². The molecule has 12 heavy (non-hydrogen) atoms. The lowest BCUT2D eigenvalue weighted by Gasteiger charge is -2.07. The van der Waals surface area contributed by atoms with E-state index in [2.05, 4.69) is 13.8 Å². The quantitative estimate of drug-likeness (QED) is 0.465. The number of rotatable bonds is 5. The van der Waals surface area contributed by atoms with Crippen LogP contribution in [-0.4, -0.2) is 19.4 Å². The summed E-state index contributed by atoms with van der Waals surface area (Å²) < 4.78 is 4.99. The first-order valence-electron chi connectivity index (χ1n) is 4.72. The average Bonchev–Trinajstić information content (AvgIpc) is 1.84. The van der Waals surface area contributed by atoms with Gasteiger partial charge in [0.1, 0.15) is 7.28 Å². The Balaban J connectivity index is 3.32. The molecule has 0 amide bonds. The van der Waals surface area contributed by atoms with Gasteiger partial charge in [-0.3, -0.25) is 4.79 Å². The van der Waals surface area contributed by atoms with Crippen LogP contribution >= 0.6 is 0 Å². The second kappa shape index (κ2) is 6.10. The normalized spacial score (nSPS) is 10.5. The van der Waals surface area contributed by atoms with Gasteiger partial charge in [-0.2, -0.15) is 0 Å². The maximum atomic E-state index is 11.0. The highest BCUT2D eigenvalue weighted by molar-refractivity contribution is 6.40. The highest BCUT2D eigenvalue weighted by Crippen LogP contribution is 2.02. The van der Waals surface area contributed by atoms with E-state index in [4.69, 9.17) is 4.74 Å². The van der Waals surface area contributed by atoms with Crippen LogP contribution in [0.4, 0.5) is 0 Å². The van der Waals surface area contributed by atoms with Crippen LogP contribution in [0.5, 0.6) is 0 Å². The minimum absolute atomic E-state index is 0.0246. The molecule has 0 N–H and O–H groups in total. The fourth-order valence-electron chi connectivity index (χ4n) is 0.976. The molecule has 0 saturated carbocycles. The summed E-state index contributed by atoms with van der Waals surface area (Å²) in [5, 5.41) is 0. The van der Waals surface area contributed by atoms with Crippen molar-refractivity contribution in [2.75, 3.05) is 0 Å². The van der Waals surface area contributed by atoms with Crippen LogP contribution in [0.15, 0.2) is 0 Å². The fraction of sp³-hybridized carbons (Fsp3) is 0.889. The van der Waals surface area contributed by atoms with Gasteiger partial charge in [0.25, 0.3) is 5.97 Å². The predicted octanol–water partition coefficient (Wildman–Crippen LogP) is 1.87. The van der Waals surface area contributed by atoms with Crippen LogP contribution in [0.2, 0.25) is 12.6 Å². The van der Waals surface area contributed by atoms with Crippen molar-refractivity contribution in [1.82, 2.24) is 0 Å². The molecule has 0 aromatic carbocycles. The SMILES string of the molecule is CC(C)CBCC(=O)OC(C)C. The van der Waals surface area contributed by atoms with Crippen molar-refractivity contribution in [2.24, 2.45) is 5.92 Å². The largest absolute Gasteiger partial charge is 0.463 e. The zero-order chi connectivity index (χ0) is 9.56. The molecule has 0 rings (SSSR count). The van der Waals surface area contributed by atoms with Gasteiger partial charge >= 0.3 is 0 Å². The lowest BCUT2D eigenvalue weighted by molar-refractivity contribution is -0.144. The predicted molar refractivity (Wildman–Crippen MR) is 52.8 cm³/mol.